The minimum Gasteiger partial charge on any atom is -0.348 e. The van der Waals surface area contributed by atoms with Gasteiger partial charge in [0.05, 0.1) is 0 Å². The molecule has 15 heavy (non-hydrogen) atoms. The zero-order chi connectivity index (χ0) is 11.8. The highest BCUT2D eigenvalue weighted by molar-refractivity contribution is 4.44. The molecule has 0 heterocycles. The number of rotatable bonds is 8. The number of hydrogen-bond acceptors (Lipinski definition) is 6. The lowest BCUT2D eigenvalue weighted by Gasteiger charge is -2.07. The Kier molecular flexibility index (Phi) is 6.47. The van der Waals surface area contributed by atoms with Crippen molar-refractivity contribution in [1.29, 1.82) is 0 Å². The Morgan fingerprint density at radius 1 is 1.00 bits per heavy atom. The minimum atomic E-state index is -0.804. The summed E-state index contributed by atoms with van der Waals surface area (Å²) in [5.74, 6) is 0. The van der Waals surface area contributed by atoms with Crippen molar-refractivity contribution in [1.82, 2.24) is 0 Å². The van der Waals surface area contributed by atoms with E-state index in [9.17, 15) is 20.2 Å². The van der Waals surface area contributed by atoms with Gasteiger partial charge in [-0.05, 0) is 0 Å². The molecule has 0 aliphatic carbocycles. The van der Waals surface area contributed by atoms with E-state index >= 15 is 0 Å². The Balaban J connectivity index is 3.40. The summed E-state index contributed by atoms with van der Waals surface area (Å²) >= 11 is 0. The first-order valence-corrected chi connectivity index (χ1v) is 4.37. The quantitative estimate of drug-likeness (QED) is 0.253. The molecule has 2 unspecified atom stereocenters. The maximum absolute atomic E-state index is 10.2. The van der Waals surface area contributed by atoms with Gasteiger partial charge in [0.1, 0.15) is 20.0 Å². The molecule has 0 amide bonds. The van der Waals surface area contributed by atoms with Gasteiger partial charge in [0.2, 0.25) is 12.1 Å². The first kappa shape index (κ1) is 13.7. The van der Waals surface area contributed by atoms with Gasteiger partial charge in [0.15, 0.2) is 0 Å². The van der Waals surface area contributed by atoms with Crippen molar-refractivity contribution in [2.75, 3.05) is 20.0 Å². The minimum absolute atomic E-state index is 0.0696. The largest absolute Gasteiger partial charge is 0.348 e. The number of hydrogen-bond donors (Lipinski definition) is 0. The molecule has 0 spiro atoms. The van der Waals surface area contributed by atoms with Crippen LogP contribution in [0.25, 0.3) is 0 Å². The van der Waals surface area contributed by atoms with Crippen molar-refractivity contribution in [3.8, 4) is 0 Å². The van der Waals surface area contributed by atoms with E-state index in [2.05, 4.69) is 0 Å². The summed E-state index contributed by atoms with van der Waals surface area (Å²) < 4.78 is 9.60. The molecule has 8 nitrogen and oxygen atoms in total. The molecule has 88 valence electrons. The van der Waals surface area contributed by atoms with Crippen LogP contribution in [0.3, 0.4) is 0 Å². The first-order chi connectivity index (χ1) is 6.95. The lowest BCUT2D eigenvalue weighted by molar-refractivity contribution is -0.526. The van der Waals surface area contributed by atoms with Gasteiger partial charge in [-0.15, -0.1) is 0 Å². The van der Waals surface area contributed by atoms with Crippen LogP contribution in [0.2, 0.25) is 0 Å². The van der Waals surface area contributed by atoms with Crippen LogP contribution in [0.15, 0.2) is 0 Å². The third-order valence-corrected chi connectivity index (χ3v) is 1.60. The van der Waals surface area contributed by atoms with Crippen molar-refractivity contribution >= 4 is 0 Å². The maximum atomic E-state index is 10.2. The molecule has 0 aliphatic heterocycles. The predicted molar refractivity (Wildman–Crippen MR) is 49.7 cm³/mol. The van der Waals surface area contributed by atoms with Crippen LogP contribution in [0.4, 0.5) is 0 Å². The van der Waals surface area contributed by atoms with Gasteiger partial charge < -0.3 is 9.47 Å². The van der Waals surface area contributed by atoms with Crippen molar-refractivity contribution in [3.63, 3.8) is 0 Å². The smallest absolute Gasteiger partial charge is 0.233 e. The molecule has 0 aromatic carbocycles. The molecular formula is C7H14N2O6. The van der Waals surface area contributed by atoms with E-state index in [-0.39, 0.29) is 20.0 Å². The second-order valence-electron chi connectivity index (χ2n) is 3.13. The van der Waals surface area contributed by atoms with Gasteiger partial charge in [0, 0.05) is 23.7 Å². The summed E-state index contributed by atoms with van der Waals surface area (Å²) in [5.41, 5.74) is 0. The number of nitrogens with zero attached hydrogens (tertiary/aromatic N) is 2. The van der Waals surface area contributed by atoms with E-state index in [0.717, 1.165) is 0 Å². The Labute approximate surface area is 86.5 Å². The highest BCUT2D eigenvalue weighted by Gasteiger charge is 2.14. The highest BCUT2D eigenvalue weighted by Crippen LogP contribution is 1.92. The van der Waals surface area contributed by atoms with Gasteiger partial charge in [-0.25, -0.2) is 0 Å². The third-order valence-electron chi connectivity index (χ3n) is 1.60. The molecule has 0 aliphatic rings. The fraction of sp³-hybridized carbons (Fsp3) is 1.00. The van der Waals surface area contributed by atoms with Gasteiger partial charge >= 0.3 is 0 Å². The summed E-state index contributed by atoms with van der Waals surface area (Å²) in [6, 6.07) is -1.61. The lowest BCUT2D eigenvalue weighted by atomic mass is 10.4. The molecule has 0 saturated heterocycles. The van der Waals surface area contributed by atoms with Gasteiger partial charge in [-0.3, -0.25) is 20.2 Å². The molecule has 2 atom stereocenters. The number of nitro groups is 2. The molecule has 0 radical (unpaired) electrons. The zero-order valence-electron chi connectivity index (χ0n) is 8.62. The van der Waals surface area contributed by atoms with E-state index in [0.29, 0.717) is 0 Å². The monoisotopic (exact) mass is 222 g/mol. The summed E-state index contributed by atoms with van der Waals surface area (Å²) in [7, 11) is 0. The Hall–Kier alpha value is -1.28. The Morgan fingerprint density at radius 2 is 1.33 bits per heavy atom. The van der Waals surface area contributed by atoms with Crippen LogP contribution in [0.5, 0.6) is 0 Å². The van der Waals surface area contributed by atoms with Crippen LogP contribution in [0, 0.1) is 20.2 Å². The van der Waals surface area contributed by atoms with E-state index in [1.807, 2.05) is 0 Å². The second kappa shape index (κ2) is 7.07. The molecule has 8 heteroatoms. The highest BCUT2D eigenvalue weighted by atomic mass is 16.7. The van der Waals surface area contributed by atoms with Crippen LogP contribution < -0.4 is 0 Å². The molecule has 0 N–H and O–H groups in total. The van der Waals surface area contributed by atoms with Gasteiger partial charge in [-0.1, -0.05) is 0 Å². The summed E-state index contributed by atoms with van der Waals surface area (Å²) in [5, 5.41) is 20.3. The Bertz CT molecular complexity index is 200. The Morgan fingerprint density at radius 3 is 1.60 bits per heavy atom. The van der Waals surface area contributed by atoms with E-state index in [4.69, 9.17) is 9.47 Å². The summed E-state index contributed by atoms with van der Waals surface area (Å²) in [6.07, 6.45) is 0. The predicted octanol–water partition coefficient (Wildman–Crippen LogP) is 0.308. The zero-order valence-corrected chi connectivity index (χ0v) is 8.62. The van der Waals surface area contributed by atoms with Gasteiger partial charge in [0.25, 0.3) is 0 Å². The standard InChI is InChI=1S/C7H14N2O6/c1-6(8(10)11)3-14-5-15-4-7(2)9(12)13/h6-7H,3-5H2,1-2H3. The van der Waals surface area contributed by atoms with Crippen LogP contribution in [0.1, 0.15) is 13.8 Å². The van der Waals surface area contributed by atoms with Crippen molar-refractivity contribution in [2.45, 2.75) is 25.9 Å². The summed E-state index contributed by atoms with van der Waals surface area (Å²) in [4.78, 5) is 19.4. The lowest BCUT2D eigenvalue weighted by Crippen LogP contribution is -2.25. The summed E-state index contributed by atoms with van der Waals surface area (Å²) in [6.45, 7) is 2.50. The van der Waals surface area contributed by atoms with E-state index in [1.165, 1.54) is 13.8 Å². The average molecular weight is 222 g/mol. The van der Waals surface area contributed by atoms with Crippen molar-refractivity contribution in [2.24, 2.45) is 0 Å². The fourth-order valence-electron chi connectivity index (χ4n) is 0.618. The topological polar surface area (TPSA) is 105 Å². The SMILES string of the molecule is CC(COCOCC(C)[N+](=O)[O-])[N+](=O)[O-]. The van der Waals surface area contributed by atoms with Crippen molar-refractivity contribution in [3.05, 3.63) is 20.2 Å². The van der Waals surface area contributed by atoms with Gasteiger partial charge in [-0.2, -0.15) is 0 Å². The molecule has 0 rings (SSSR count). The molecule has 0 aromatic rings. The van der Waals surface area contributed by atoms with Crippen LogP contribution >= 0.6 is 0 Å². The molecule has 0 saturated carbocycles. The molecular weight excluding hydrogens is 208 g/mol. The molecule has 0 aromatic heterocycles. The average Bonchev–Trinajstić information content (AvgIpc) is 2.16. The van der Waals surface area contributed by atoms with E-state index < -0.39 is 21.9 Å². The van der Waals surface area contributed by atoms with E-state index in [1.54, 1.807) is 0 Å². The molecule has 0 fully saturated rings. The second-order valence-corrected chi connectivity index (χ2v) is 3.13. The fourth-order valence-corrected chi connectivity index (χ4v) is 0.618. The first-order valence-electron chi connectivity index (χ1n) is 4.37. The maximum Gasteiger partial charge on any atom is 0.233 e. The molecule has 0 bridgehead atoms. The van der Waals surface area contributed by atoms with Crippen molar-refractivity contribution < 1.29 is 19.3 Å². The third kappa shape index (κ3) is 6.75. The van der Waals surface area contributed by atoms with Crippen LogP contribution in [-0.2, 0) is 9.47 Å². The number of ether oxygens (including phenoxy) is 2. The van der Waals surface area contributed by atoms with Crippen LogP contribution in [-0.4, -0.2) is 41.9 Å². The normalized spacial score (nSPS) is 14.5.